The van der Waals surface area contributed by atoms with Gasteiger partial charge < -0.3 is 0 Å². The van der Waals surface area contributed by atoms with Crippen molar-refractivity contribution in [2.45, 2.75) is 18.2 Å². The summed E-state index contributed by atoms with van der Waals surface area (Å²) in [5.41, 5.74) is 2.44. The second-order valence-corrected chi connectivity index (χ2v) is 6.58. The Kier molecular flexibility index (Phi) is 4.78. The Morgan fingerprint density at radius 1 is 1.14 bits per heavy atom. The van der Waals surface area contributed by atoms with Crippen LogP contribution in [-0.2, 0) is 16.4 Å². The summed E-state index contributed by atoms with van der Waals surface area (Å²) in [5.74, 6) is 0. The van der Waals surface area contributed by atoms with Crippen molar-refractivity contribution in [2.75, 3.05) is 4.72 Å². The molecular weight excluding hydrogens is 298 g/mol. The molecule has 0 spiro atoms. The zero-order valence-corrected chi connectivity index (χ0v) is 13.1. The molecular formula is C17H17NO3S. The lowest BCUT2D eigenvalue weighted by molar-refractivity contribution is 0.112. The standard InChI is InChI=1S/C17H17NO3S/c1-3-5-16-14(12-19)6-4-7-17(16)18-22(20,21)15-10-8-13(2)9-11-15/h3-4,6-12,18H,1,5H2,2H3. The van der Waals surface area contributed by atoms with E-state index in [9.17, 15) is 13.2 Å². The topological polar surface area (TPSA) is 63.2 Å². The summed E-state index contributed by atoms with van der Waals surface area (Å²) < 4.78 is 27.4. The minimum atomic E-state index is -3.70. The molecule has 0 heterocycles. The summed E-state index contributed by atoms with van der Waals surface area (Å²) in [5, 5.41) is 0. The predicted molar refractivity (Wildman–Crippen MR) is 87.7 cm³/mol. The molecule has 2 rings (SSSR count). The fraction of sp³-hybridized carbons (Fsp3) is 0.118. The lowest BCUT2D eigenvalue weighted by atomic mass is 10.0. The molecule has 0 aliphatic carbocycles. The van der Waals surface area contributed by atoms with Gasteiger partial charge in [-0.1, -0.05) is 35.9 Å². The lowest BCUT2D eigenvalue weighted by Crippen LogP contribution is -2.14. The van der Waals surface area contributed by atoms with E-state index in [4.69, 9.17) is 0 Å². The number of rotatable bonds is 6. The highest BCUT2D eigenvalue weighted by atomic mass is 32.2. The van der Waals surface area contributed by atoms with Crippen LogP contribution in [0.4, 0.5) is 5.69 Å². The minimum Gasteiger partial charge on any atom is -0.298 e. The van der Waals surface area contributed by atoms with Crippen LogP contribution in [0.1, 0.15) is 21.5 Å². The molecule has 0 amide bonds. The van der Waals surface area contributed by atoms with Crippen LogP contribution in [0.15, 0.2) is 60.0 Å². The van der Waals surface area contributed by atoms with E-state index in [1.807, 2.05) is 6.92 Å². The maximum Gasteiger partial charge on any atom is 0.261 e. The van der Waals surface area contributed by atoms with Crippen LogP contribution in [0.3, 0.4) is 0 Å². The third-order valence-corrected chi connectivity index (χ3v) is 4.64. The van der Waals surface area contributed by atoms with Crippen LogP contribution < -0.4 is 4.72 Å². The molecule has 0 radical (unpaired) electrons. The second-order valence-electron chi connectivity index (χ2n) is 4.90. The van der Waals surface area contributed by atoms with Crippen molar-refractivity contribution in [2.24, 2.45) is 0 Å². The van der Waals surface area contributed by atoms with Crippen LogP contribution in [0.2, 0.25) is 0 Å². The highest BCUT2D eigenvalue weighted by Gasteiger charge is 2.16. The van der Waals surface area contributed by atoms with Gasteiger partial charge in [-0.3, -0.25) is 9.52 Å². The van der Waals surface area contributed by atoms with Gasteiger partial charge in [0.1, 0.15) is 6.29 Å². The average molecular weight is 315 g/mol. The number of nitrogens with one attached hydrogen (secondary N) is 1. The van der Waals surface area contributed by atoms with Gasteiger partial charge in [-0.15, -0.1) is 6.58 Å². The molecule has 4 nitrogen and oxygen atoms in total. The fourth-order valence-corrected chi connectivity index (χ4v) is 3.20. The summed E-state index contributed by atoms with van der Waals surface area (Å²) in [7, 11) is -3.70. The summed E-state index contributed by atoms with van der Waals surface area (Å²) >= 11 is 0. The SMILES string of the molecule is C=CCc1c(C=O)cccc1NS(=O)(=O)c1ccc(C)cc1. The number of carbonyl (C=O) groups excluding carboxylic acids is 1. The Balaban J connectivity index is 2.43. The molecule has 1 N–H and O–H groups in total. The molecule has 0 aliphatic heterocycles. The zero-order valence-electron chi connectivity index (χ0n) is 12.2. The quantitative estimate of drug-likeness (QED) is 0.657. The van der Waals surface area contributed by atoms with Crippen molar-refractivity contribution >= 4 is 22.0 Å². The number of hydrogen-bond acceptors (Lipinski definition) is 3. The van der Waals surface area contributed by atoms with E-state index < -0.39 is 10.0 Å². The van der Waals surface area contributed by atoms with Gasteiger partial charge in [0, 0.05) is 5.56 Å². The molecule has 0 aliphatic rings. The first-order chi connectivity index (χ1) is 10.5. The van der Waals surface area contributed by atoms with Crippen molar-refractivity contribution in [3.8, 4) is 0 Å². The first-order valence-electron chi connectivity index (χ1n) is 6.75. The fourth-order valence-electron chi connectivity index (χ4n) is 2.10. The molecule has 114 valence electrons. The van der Waals surface area contributed by atoms with Crippen LogP contribution >= 0.6 is 0 Å². The van der Waals surface area contributed by atoms with E-state index in [-0.39, 0.29) is 4.90 Å². The van der Waals surface area contributed by atoms with Crippen molar-refractivity contribution in [1.29, 1.82) is 0 Å². The van der Waals surface area contributed by atoms with Crippen LogP contribution in [0, 0.1) is 6.92 Å². The molecule has 0 aromatic heterocycles. The van der Waals surface area contributed by atoms with Crippen molar-refractivity contribution in [3.05, 3.63) is 71.8 Å². The molecule has 0 unspecified atom stereocenters. The number of anilines is 1. The molecule has 0 bridgehead atoms. The molecule has 0 saturated heterocycles. The van der Waals surface area contributed by atoms with Crippen molar-refractivity contribution in [3.63, 3.8) is 0 Å². The van der Waals surface area contributed by atoms with Crippen molar-refractivity contribution < 1.29 is 13.2 Å². The Morgan fingerprint density at radius 3 is 2.41 bits per heavy atom. The van der Waals surface area contributed by atoms with E-state index in [1.165, 1.54) is 0 Å². The molecule has 2 aromatic carbocycles. The van der Waals surface area contributed by atoms with Gasteiger partial charge in [0.25, 0.3) is 10.0 Å². The number of allylic oxidation sites excluding steroid dienone is 1. The predicted octanol–water partition coefficient (Wildman–Crippen LogP) is 3.34. The Labute approximate surface area is 130 Å². The van der Waals surface area contributed by atoms with E-state index in [2.05, 4.69) is 11.3 Å². The number of carbonyl (C=O) groups is 1. The van der Waals surface area contributed by atoms with E-state index >= 15 is 0 Å². The number of aldehydes is 1. The normalized spacial score (nSPS) is 11.0. The number of hydrogen-bond donors (Lipinski definition) is 1. The summed E-state index contributed by atoms with van der Waals surface area (Å²) in [6.45, 7) is 5.53. The van der Waals surface area contributed by atoms with Crippen LogP contribution in [0.5, 0.6) is 0 Å². The Bertz CT molecular complexity index is 793. The maximum atomic E-state index is 12.4. The van der Waals surface area contributed by atoms with E-state index in [1.54, 1.807) is 48.5 Å². The monoisotopic (exact) mass is 315 g/mol. The van der Waals surface area contributed by atoms with Crippen LogP contribution in [0.25, 0.3) is 0 Å². The smallest absolute Gasteiger partial charge is 0.261 e. The van der Waals surface area contributed by atoms with Gasteiger partial charge in [-0.2, -0.15) is 0 Å². The third-order valence-electron chi connectivity index (χ3n) is 3.26. The molecule has 2 aromatic rings. The highest BCUT2D eigenvalue weighted by Crippen LogP contribution is 2.23. The van der Waals surface area contributed by atoms with E-state index in [0.29, 0.717) is 29.5 Å². The molecule has 0 fully saturated rings. The highest BCUT2D eigenvalue weighted by molar-refractivity contribution is 7.92. The zero-order chi connectivity index (χ0) is 16.2. The molecule has 0 saturated carbocycles. The third kappa shape index (κ3) is 3.43. The van der Waals surface area contributed by atoms with Gasteiger partial charge in [-0.25, -0.2) is 8.42 Å². The van der Waals surface area contributed by atoms with Gasteiger partial charge in [0.15, 0.2) is 0 Å². The van der Waals surface area contributed by atoms with Crippen LogP contribution in [-0.4, -0.2) is 14.7 Å². The summed E-state index contributed by atoms with van der Waals surface area (Å²) in [6, 6.07) is 11.5. The Morgan fingerprint density at radius 2 is 1.82 bits per heavy atom. The maximum absolute atomic E-state index is 12.4. The van der Waals surface area contributed by atoms with Gasteiger partial charge in [0.05, 0.1) is 10.6 Å². The molecule has 22 heavy (non-hydrogen) atoms. The average Bonchev–Trinajstić information content (AvgIpc) is 2.49. The van der Waals surface area contributed by atoms with Gasteiger partial charge in [-0.05, 0) is 37.1 Å². The first kappa shape index (κ1) is 16.0. The summed E-state index contributed by atoms with van der Waals surface area (Å²) in [6.07, 6.45) is 2.75. The number of aryl methyl sites for hydroxylation is 1. The molecule has 5 heteroatoms. The van der Waals surface area contributed by atoms with Crippen molar-refractivity contribution in [1.82, 2.24) is 0 Å². The number of sulfonamides is 1. The second kappa shape index (κ2) is 6.58. The van der Waals surface area contributed by atoms with E-state index in [0.717, 1.165) is 5.56 Å². The Hall–Kier alpha value is -2.40. The first-order valence-corrected chi connectivity index (χ1v) is 8.23. The van der Waals surface area contributed by atoms with Gasteiger partial charge in [0.2, 0.25) is 0 Å². The lowest BCUT2D eigenvalue weighted by Gasteiger charge is -2.13. The van der Waals surface area contributed by atoms with Gasteiger partial charge >= 0.3 is 0 Å². The minimum absolute atomic E-state index is 0.180. The largest absolute Gasteiger partial charge is 0.298 e. The summed E-state index contributed by atoms with van der Waals surface area (Å²) in [4.78, 5) is 11.3. The number of benzene rings is 2. The molecule has 0 atom stereocenters.